The van der Waals surface area contributed by atoms with Crippen molar-refractivity contribution in [1.29, 1.82) is 0 Å². The lowest BCUT2D eigenvalue weighted by Crippen LogP contribution is -2.14. The standard InChI is InChI=1S/C19H32O3/c1-5-6-7-8-9-10-11-12-13-14-15-17(4)19(21)22-18(20)16(2)3/h2,4-15H2,1,3H3. The maximum Gasteiger partial charge on any atom is 0.341 e. The molecule has 0 aromatic heterocycles. The van der Waals surface area contributed by atoms with E-state index in [2.05, 4.69) is 24.8 Å². The summed E-state index contributed by atoms with van der Waals surface area (Å²) >= 11 is 0. The molecule has 0 spiro atoms. The molecule has 0 saturated heterocycles. The van der Waals surface area contributed by atoms with Crippen LogP contribution < -0.4 is 0 Å². The number of unbranched alkanes of at least 4 members (excludes halogenated alkanes) is 9. The molecule has 0 N–H and O–H groups in total. The van der Waals surface area contributed by atoms with Crippen LogP contribution in [0.3, 0.4) is 0 Å². The Morgan fingerprint density at radius 3 is 1.68 bits per heavy atom. The van der Waals surface area contributed by atoms with E-state index in [9.17, 15) is 9.59 Å². The molecule has 0 radical (unpaired) electrons. The molecular formula is C19H32O3. The molecule has 0 aliphatic carbocycles. The van der Waals surface area contributed by atoms with Gasteiger partial charge >= 0.3 is 11.9 Å². The van der Waals surface area contributed by atoms with Crippen LogP contribution in [0.25, 0.3) is 0 Å². The highest BCUT2D eigenvalue weighted by Crippen LogP contribution is 2.14. The third kappa shape index (κ3) is 11.3. The Kier molecular flexibility index (Phi) is 12.5. The van der Waals surface area contributed by atoms with Crippen LogP contribution in [0.15, 0.2) is 24.3 Å². The largest absolute Gasteiger partial charge is 0.386 e. The van der Waals surface area contributed by atoms with Crippen LogP contribution in [-0.2, 0) is 14.3 Å². The second-order valence-corrected chi connectivity index (χ2v) is 5.99. The Morgan fingerprint density at radius 1 is 0.773 bits per heavy atom. The van der Waals surface area contributed by atoms with Gasteiger partial charge in [-0.3, -0.25) is 0 Å². The smallest absolute Gasteiger partial charge is 0.341 e. The molecule has 0 fully saturated rings. The highest BCUT2D eigenvalue weighted by Gasteiger charge is 2.13. The zero-order valence-electron chi connectivity index (χ0n) is 14.4. The van der Waals surface area contributed by atoms with Crippen molar-refractivity contribution in [2.45, 2.75) is 84.5 Å². The van der Waals surface area contributed by atoms with Gasteiger partial charge in [0, 0.05) is 11.1 Å². The first-order valence-corrected chi connectivity index (χ1v) is 8.58. The first-order valence-electron chi connectivity index (χ1n) is 8.58. The van der Waals surface area contributed by atoms with Gasteiger partial charge in [0.05, 0.1) is 0 Å². The SMILES string of the molecule is C=C(C)C(=O)OC(=O)C(=C)CCCCCCCCCCCC. The van der Waals surface area contributed by atoms with Crippen LogP contribution in [0.4, 0.5) is 0 Å². The molecule has 0 unspecified atom stereocenters. The Balaban J connectivity index is 3.51. The summed E-state index contributed by atoms with van der Waals surface area (Å²) in [5, 5.41) is 0. The van der Waals surface area contributed by atoms with E-state index in [0.29, 0.717) is 12.0 Å². The third-order valence-electron chi connectivity index (χ3n) is 3.65. The van der Waals surface area contributed by atoms with E-state index in [-0.39, 0.29) is 5.57 Å². The van der Waals surface area contributed by atoms with Gasteiger partial charge in [-0.05, 0) is 19.8 Å². The molecule has 22 heavy (non-hydrogen) atoms. The number of rotatable bonds is 13. The zero-order valence-corrected chi connectivity index (χ0v) is 14.4. The van der Waals surface area contributed by atoms with Gasteiger partial charge in [0.2, 0.25) is 0 Å². The quantitative estimate of drug-likeness (QED) is 0.195. The minimum absolute atomic E-state index is 0.222. The van der Waals surface area contributed by atoms with Gasteiger partial charge in [0.25, 0.3) is 0 Å². The topological polar surface area (TPSA) is 43.4 Å². The molecule has 0 aliphatic rings. The van der Waals surface area contributed by atoms with Gasteiger partial charge in [-0.15, -0.1) is 0 Å². The molecular weight excluding hydrogens is 276 g/mol. The van der Waals surface area contributed by atoms with Crippen molar-refractivity contribution in [3.05, 3.63) is 24.3 Å². The molecule has 0 aliphatic heterocycles. The van der Waals surface area contributed by atoms with E-state index in [1.165, 1.54) is 58.3 Å². The summed E-state index contributed by atoms with van der Waals surface area (Å²) in [7, 11) is 0. The number of carbonyl (C=O) groups is 2. The fraction of sp³-hybridized carbons (Fsp3) is 0.684. The van der Waals surface area contributed by atoms with E-state index >= 15 is 0 Å². The molecule has 0 heterocycles. The van der Waals surface area contributed by atoms with E-state index in [4.69, 9.17) is 0 Å². The summed E-state index contributed by atoms with van der Waals surface area (Å²) in [5.41, 5.74) is 0.592. The summed E-state index contributed by atoms with van der Waals surface area (Å²) in [5.74, 6) is -1.29. The van der Waals surface area contributed by atoms with Crippen molar-refractivity contribution < 1.29 is 14.3 Å². The van der Waals surface area contributed by atoms with Crippen molar-refractivity contribution in [1.82, 2.24) is 0 Å². The first kappa shape index (κ1) is 20.6. The van der Waals surface area contributed by atoms with Gasteiger partial charge in [-0.1, -0.05) is 77.9 Å². The minimum Gasteiger partial charge on any atom is -0.386 e. The predicted molar refractivity (Wildman–Crippen MR) is 91.5 cm³/mol. The summed E-state index contributed by atoms with van der Waals surface area (Å²) < 4.78 is 4.64. The predicted octanol–water partition coefficient (Wildman–Crippen LogP) is 5.50. The maximum absolute atomic E-state index is 11.6. The summed E-state index contributed by atoms with van der Waals surface area (Å²) in [6, 6.07) is 0. The molecule has 0 atom stereocenters. The van der Waals surface area contributed by atoms with Crippen LogP contribution in [-0.4, -0.2) is 11.9 Å². The van der Waals surface area contributed by atoms with E-state index in [0.717, 1.165) is 12.8 Å². The van der Waals surface area contributed by atoms with E-state index < -0.39 is 11.9 Å². The van der Waals surface area contributed by atoms with Crippen molar-refractivity contribution in [2.75, 3.05) is 0 Å². The second kappa shape index (κ2) is 13.3. The van der Waals surface area contributed by atoms with Gasteiger partial charge in [0.1, 0.15) is 0 Å². The molecule has 0 aromatic carbocycles. The molecule has 0 saturated carbocycles. The van der Waals surface area contributed by atoms with Gasteiger partial charge in [-0.25, -0.2) is 9.59 Å². The summed E-state index contributed by atoms with van der Waals surface area (Å²) in [6.07, 6.45) is 13.1. The normalized spacial score (nSPS) is 10.3. The van der Waals surface area contributed by atoms with Crippen LogP contribution in [0, 0.1) is 0 Å². The zero-order chi connectivity index (χ0) is 16.8. The number of esters is 2. The molecule has 0 bridgehead atoms. The minimum atomic E-state index is -0.672. The highest BCUT2D eigenvalue weighted by atomic mass is 16.6. The Morgan fingerprint density at radius 2 is 1.23 bits per heavy atom. The number of hydrogen-bond donors (Lipinski definition) is 0. The van der Waals surface area contributed by atoms with Crippen molar-refractivity contribution in [2.24, 2.45) is 0 Å². The molecule has 0 aromatic rings. The van der Waals surface area contributed by atoms with Crippen molar-refractivity contribution >= 4 is 11.9 Å². The summed E-state index contributed by atoms with van der Waals surface area (Å²) in [4.78, 5) is 22.8. The lowest BCUT2D eigenvalue weighted by atomic mass is 10.0. The fourth-order valence-electron chi connectivity index (χ4n) is 2.17. The molecule has 126 valence electrons. The summed E-state index contributed by atoms with van der Waals surface area (Å²) in [6.45, 7) is 10.9. The highest BCUT2D eigenvalue weighted by molar-refractivity contribution is 6.00. The average Bonchev–Trinajstić information content (AvgIpc) is 2.48. The number of hydrogen-bond acceptors (Lipinski definition) is 3. The Labute approximate surface area is 135 Å². The molecule has 0 rings (SSSR count). The van der Waals surface area contributed by atoms with E-state index in [1.807, 2.05) is 0 Å². The molecule has 0 amide bonds. The Hall–Kier alpha value is -1.38. The fourth-order valence-corrected chi connectivity index (χ4v) is 2.17. The molecule has 3 nitrogen and oxygen atoms in total. The number of carbonyl (C=O) groups excluding carboxylic acids is 2. The second-order valence-electron chi connectivity index (χ2n) is 5.99. The van der Waals surface area contributed by atoms with Gasteiger partial charge in [0.15, 0.2) is 0 Å². The van der Waals surface area contributed by atoms with Crippen LogP contribution in [0.5, 0.6) is 0 Å². The van der Waals surface area contributed by atoms with Crippen molar-refractivity contribution in [3.8, 4) is 0 Å². The first-order chi connectivity index (χ1) is 10.5. The van der Waals surface area contributed by atoms with Gasteiger partial charge < -0.3 is 4.74 Å². The van der Waals surface area contributed by atoms with Crippen LogP contribution in [0.2, 0.25) is 0 Å². The van der Waals surface area contributed by atoms with Crippen LogP contribution in [0.1, 0.15) is 84.5 Å². The van der Waals surface area contributed by atoms with Crippen LogP contribution >= 0.6 is 0 Å². The lowest BCUT2D eigenvalue weighted by molar-refractivity contribution is -0.154. The molecule has 3 heteroatoms. The number of ether oxygens (including phenoxy) is 1. The van der Waals surface area contributed by atoms with Crippen molar-refractivity contribution in [3.63, 3.8) is 0 Å². The van der Waals surface area contributed by atoms with E-state index in [1.54, 1.807) is 0 Å². The maximum atomic E-state index is 11.6. The van der Waals surface area contributed by atoms with Gasteiger partial charge in [-0.2, -0.15) is 0 Å². The third-order valence-corrected chi connectivity index (χ3v) is 3.65. The Bertz CT molecular complexity index is 369. The monoisotopic (exact) mass is 308 g/mol. The lowest BCUT2D eigenvalue weighted by Gasteiger charge is -2.05. The average molecular weight is 308 g/mol.